The van der Waals surface area contributed by atoms with Gasteiger partial charge in [-0.1, -0.05) is 357 Å². The number of phosphoric acid groups is 1. The van der Waals surface area contributed by atoms with Crippen LogP contribution in [0.5, 0.6) is 0 Å². The van der Waals surface area contributed by atoms with Gasteiger partial charge in [0.25, 0.3) is 0 Å². The van der Waals surface area contributed by atoms with Gasteiger partial charge in [0.15, 0.2) is 6.10 Å². The monoisotopic (exact) mass is 1410 g/mol. The van der Waals surface area contributed by atoms with Crippen LogP contribution in [0.4, 0.5) is 0 Å². The summed E-state index contributed by atoms with van der Waals surface area (Å²) in [6.45, 7) is 4.21. The Morgan fingerprint density at radius 2 is 0.540 bits per heavy atom. The van der Waals surface area contributed by atoms with Gasteiger partial charge in [0.05, 0.1) is 27.7 Å². The van der Waals surface area contributed by atoms with Crippen molar-refractivity contribution in [1.82, 2.24) is 0 Å². The summed E-state index contributed by atoms with van der Waals surface area (Å²) in [4.78, 5) is 36.0. The third-order valence-corrected chi connectivity index (χ3v) is 17.9. The molecule has 0 fully saturated rings. The third-order valence-electron chi connectivity index (χ3n) is 16.9. The summed E-state index contributed by atoms with van der Waals surface area (Å²) < 4.78 is 34.8. The van der Waals surface area contributed by atoms with Gasteiger partial charge in [-0.2, -0.15) is 0 Å². The van der Waals surface area contributed by atoms with E-state index in [0.29, 0.717) is 17.4 Å². The Balaban J connectivity index is 4.01. The van der Waals surface area contributed by atoms with Crippen molar-refractivity contribution in [1.29, 1.82) is 0 Å². The highest BCUT2D eigenvalue weighted by Gasteiger charge is 2.27. The van der Waals surface area contributed by atoms with Crippen molar-refractivity contribution in [3.63, 3.8) is 0 Å². The SMILES string of the molecule is CC/C=C\C/C=C\C/C=C\C/C=C\C/C=C\C/C=C\C/C=C\C/C=C\CCCCCCCCCCCCC(=O)OC(COC(=O)CCCCCCCCCCCCCCCCCCCCC/C=C\C/C=C\C/C=C\C/C=C\C/C=C\C/C=C\C/C=C\CC)COP(=O)(O)OCC[N+](C)(C)C. The van der Waals surface area contributed by atoms with Crippen LogP contribution >= 0.6 is 7.82 Å². The lowest BCUT2D eigenvalue weighted by atomic mass is 10.0. The van der Waals surface area contributed by atoms with E-state index in [9.17, 15) is 19.0 Å². The summed E-state index contributed by atoms with van der Waals surface area (Å²) in [5, 5.41) is 0. The number of hydrogen-bond acceptors (Lipinski definition) is 7. The Labute approximate surface area is 616 Å². The normalized spacial score (nSPS) is 14.0. The molecule has 0 aliphatic heterocycles. The minimum atomic E-state index is -4.41. The molecule has 100 heavy (non-hydrogen) atoms. The first-order valence-corrected chi connectivity index (χ1v) is 42.0. The molecular weight excluding hydrogens is 1250 g/mol. The summed E-state index contributed by atoms with van der Waals surface area (Å²) in [5.41, 5.74) is 0. The van der Waals surface area contributed by atoms with E-state index in [1.165, 1.54) is 148 Å². The fraction of sp³-hybridized carbons (Fsp3) is 0.644. The van der Waals surface area contributed by atoms with Crippen LogP contribution in [-0.4, -0.2) is 74.9 Å². The van der Waals surface area contributed by atoms with Gasteiger partial charge in [-0.15, -0.1) is 0 Å². The number of allylic oxidation sites excluding steroid dienone is 30. The van der Waals surface area contributed by atoms with Crippen molar-refractivity contribution in [3.8, 4) is 0 Å². The predicted molar refractivity (Wildman–Crippen MR) is 436 cm³/mol. The van der Waals surface area contributed by atoms with Gasteiger partial charge in [-0.3, -0.25) is 18.6 Å². The Morgan fingerprint density at radius 3 is 0.800 bits per heavy atom. The number of esters is 2. The number of quaternary nitrogens is 1. The standard InChI is InChI=1S/C90H150NO8P/c1-6-8-10-12-14-16-18-20-22-24-26-28-30-32-34-36-38-40-42-43-44-45-46-47-49-50-52-54-56-58-60-62-64-66-68-70-72-74-76-78-80-82-89(92)96-86-88(87-98-100(94,95)97-85-84-91(3,4)5)99-90(93)83-81-79-77-75-73-71-69-67-65-63-61-59-57-55-53-51-48-41-39-37-35-33-31-29-27-25-23-21-19-17-15-13-11-9-7-2/h8-11,14-17,20-23,26-29,32-35,38-41,43-44,51,53,57,59,88H,6-7,12-13,18-19,24-25,30-31,36-37,42,45-50,52,54-56,58,60-87H2,1-5H3/p+1/b10-8-,11-9-,16-14-,17-15-,22-20-,23-21-,28-26-,29-27-,34-32-,35-33-,40-38-,41-39-,44-43-,53-51-,59-57-. The maximum absolute atomic E-state index is 12.9. The Bertz CT molecular complexity index is 2350. The highest BCUT2D eigenvalue weighted by molar-refractivity contribution is 7.47. The highest BCUT2D eigenvalue weighted by Crippen LogP contribution is 2.43. The van der Waals surface area contributed by atoms with Crippen LogP contribution in [0, 0.1) is 0 Å². The molecule has 0 radical (unpaired) electrons. The van der Waals surface area contributed by atoms with Crippen LogP contribution in [-0.2, 0) is 32.7 Å². The average molecular weight is 1410 g/mol. The number of carbonyl (C=O) groups excluding carboxylic acids is 2. The first-order chi connectivity index (χ1) is 49.0. The molecule has 0 aromatic heterocycles. The van der Waals surface area contributed by atoms with Crippen LogP contribution in [0.3, 0.4) is 0 Å². The van der Waals surface area contributed by atoms with E-state index in [0.717, 1.165) is 141 Å². The zero-order chi connectivity index (χ0) is 72.5. The number of likely N-dealkylation sites (N-methyl/N-ethyl adjacent to an activating group) is 1. The smallest absolute Gasteiger partial charge is 0.462 e. The molecule has 0 saturated heterocycles. The Hall–Kier alpha value is -4.89. The molecule has 0 bridgehead atoms. The van der Waals surface area contributed by atoms with Crippen LogP contribution in [0.2, 0.25) is 0 Å². The molecule has 10 heteroatoms. The molecule has 1 N–H and O–H groups in total. The van der Waals surface area contributed by atoms with E-state index >= 15 is 0 Å². The largest absolute Gasteiger partial charge is 0.472 e. The summed E-state index contributed by atoms with van der Waals surface area (Å²) in [6, 6.07) is 0. The number of hydrogen-bond donors (Lipinski definition) is 1. The molecule has 0 aromatic carbocycles. The lowest BCUT2D eigenvalue weighted by Gasteiger charge is -2.24. The Morgan fingerprint density at radius 1 is 0.310 bits per heavy atom. The fourth-order valence-corrected chi connectivity index (χ4v) is 11.6. The van der Waals surface area contributed by atoms with Crippen molar-refractivity contribution in [3.05, 3.63) is 182 Å². The van der Waals surface area contributed by atoms with Crippen LogP contribution in [0.1, 0.15) is 322 Å². The average Bonchev–Trinajstić information content (AvgIpc) is 1.65. The topological polar surface area (TPSA) is 108 Å². The Kier molecular flexibility index (Phi) is 74.4. The van der Waals surface area contributed by atoms with Crippen molar-refractivity contribution in [2.75, 3.05) is 47.5 Å². The third kappa shape index (κ3) is 82.1. The van der Waals surface area contributed by atoms with Crippen molar-refractivity contribution in [2.24, 2.45) is 0 Å². The molecule has 568 valence electrons. The molecule has 9 nitrogen and oxygen atoms in total. The molecule has 0 spiro atoms. The van der Waals surface area contributed by atoms with Gasteiger partial charge in [0, 0.05) is 12.8 Å². The summed E-state index contributed by atoms with van der Waals surface area (Å²) in [7, 11) is 1.47. The first-order valence-electron chi connectivity index (χ1n) is 40.5. The minimum absolute atomic E-state index is 0.0243. The van der Waals surface area contributed by atoms with Gasteiger partial charge in [0.2, 0.25) is 0 Å². The molecule has 0 amide bonds. The van der Waals surface area contributed by atoms with Gasteiger partial charge < -0.3 is 18.9 Å². The first kappa shape index (κ1) is 95.1. The quantitative estimate of drug-likeness (QED) is 0.0211. The van der Waals surface area contributed by atoms with E-state index in [-0.39, 0.29) is 32.0 Å². The molecule has 2 unspecified atom stereocenters. The number of unbranched alkanes of at least 4 members (excludes halogenated alkanes) is 29. The molecule has 0 saturated carbocycles. The van der Waals surface area contributed by atoms with Crippen molar-refractivity contribution < 1.29 is 42.1 Å². The van der Waals surface area contributed by atoms with Gasteiger partial charge in [-0.25, -0.2) is 4.57 Å². The van der Waals surface area contributed by atoms with Gasteiger partial charge in [-0.05, 0) is 135 Å². The zero-order valence-electron chi connectivity index (χ0n) is 64.9. The molecular formula is C90H151NO8P+. The predicted octanol–water partition coefficient (Wildman–Crippen LogP) is 27.4. The van der Waals surface area contributed by atoms with Crippen molar-refractivity contribution in [2.45, 2.75) is 328 Å². The molecule has 0 rings (SSSR count). The maximum Gasteiger partial charge on any atom is 0.472 e. The minimum Gasteiger partial charge on any atom is -0.462 e. The van der Waals surface area contributed by atoms with E-state index in [4.69, 9.17) is 18.5 Å². The number of rotatable bonds is 73. The van der Waals surface area contributed by atoms with Gasteiger partial charge in [0.1, 0.15) is 19.8 Å². The molecule has 0 aromatic rings. The maximum atomic E-state index is 12.9. The van der Waals surface area contributed by atoms with Gasteiger partial charge >= 0.3 is 19.8 Å². The number of ether oxygens (including phenoxy) is 2. The molecule has 0 heterocycles. The molecule has 0 aliphatic carbocycles. The number of phosphoric ester groups is 1. The van der Waals surface area contributed by atoms with Crippen molar-refractivity contribution >= 4 is 19.8 Å². The molecule has 0 aliphatic rings. The second-order valence-electron chi connectivity index (χ2n) is 27.7. The summed E-state index contributed by atoms with van der Waals surface area (Å²) in [6.07, 6.45) is 120. The molecule has 2 atom stereocenters. The second-order valence-corrected chi connectivity index (χ2v) is 29.1. The van der Waals surface area contributed by atoms with Crippen LogP contribution < -0.4 is 0 Å². The van der Waals surface area contributed by atoms with E-state index < -0.39 is 26.5 Å². The van der Waals surface area contributed by atoms with E-state index in [1.54, 1.807) is 0 Å². The summed E-state index contributed by atoms with van der Waals surface area (Å²) in [5.74, 6) is -0.801. The van der Waals surface area contributed by atoms with Crippen LogP contribution in [0.15, 0.2) is 182 Å². The lowest BCUT2D eigenvalue weighted by Crippen LogP contribution is -2.37. The summed E-state index contributed by atoms with van der Waals surface area (Å²) >= 11 is 0. The lowest BCUT2D eigenvalue weighted by molar-refractivity contribution is -0.870. The number of carbonyl (C=O) groups is 2. The fourth-order valence-electron chi connectivity index (χ4n) is 10.8. The number of nitrogens with zero attached hydrogens (tertiary/aromatic N) is 1. The van der Waals surface area contributed by atoms with Crippen LogP contribution in [0.25, 0.3) is 0 Å². The zero-order valence-corrected chi connectivity index (χ0v) is 65.8. The van der Waals surface area contributed by atoms with E-state index in [2.05, 4.69) is 196 Å². The van der Waals surface area contributed by atoms with E-state index in [1.807, 2.05) is 21.1 Å². The second kappa shape index (κ2) is 78.3. The highest BCUT2D eigenvalue weighted by atomic mass is 31.2.